The van der Waals surface area contributed by atoms with Gasteiger partial charge in [-0.05, 0) is 68.6 Å². The quantitative estimate of drug-likeness (QED) is 0.110. The molecule has 0 heterocycles. The highest BCUT2D eigenvalue weighted by molar-refractivity contribution is 5.78. The molecule has 3 fully saturated rings. The van der Waals surface area contributed by atoms with Gasteiger partial charge in [-0.2, -0.15) is 0 Å². The maximum Gasteiger partial charge on any atom is 0.312 e. The Bertz CT molecular complexity index is 634. The standard InChI is InChI=1S/C38H70O2/c1-3-5-7-9-11-12-14-20-28-37(31-26-35(27-32-37)34-24-18-16-19-25-34)38(29-21-17-22-30-38)36(39)40-33-23-15-13-10-8-6-4-2/h34-35H,3-33H2,1-2H3/t35-,37+. The van der Waals surface area contributed by atoms with Gasteiger partial charge in [-0.3, -0.25) is 4.79 Å². The van der Waals surface area contributed by atoms with Crippen LogP contribution in [0.4, 0.5) is 0 Å². The third-order valence-electron chi connectivity index (χ3n) is 11.9. The number of esters is 1. The summed E-state index contributed by atoms with van der Waals surface area (Å²) < 4.78 is 6.28. The predicted molar refractivity (Wildman–Crippen MR) is 173 cm³/mol. The zero-order valence-electron chi connectivity index (χ0n) is 27.4. The van der Waals surface area contributed by atoms with Crippen molar-refractivity contribution in [3.63, 3.8) is 0 Å². The van der Waals surface area contributed by atoms with Gasteiger partial charge in [0.05, 0.1) is 12.0 Å². The van der Waals surface area contributed by atoms with Gasteiger partial charge in [-0.15, -0.1) is 0 Å². The molecule has 0 aromatic heterocycles. The van der Waals surface area contributed by atoms with Gasteiger partial charge in [0.15, 0.2) is 0 Å². The van der Waals surface area contributed by atoms with Crippen molar-refractivity contribution in [3.05, 3.63) is 0 Å². The lowest BCUT2D eigenvalue weighted by Crippen LogP contribution is -2.52. The minimum Gasteiger partial charge on any atom is -0.465 e. The average molecular weight is 559 g/mol. The molecule has 0 atom stereocenters. The van der Waals surface area contributed by atoms with Crippen molar-refractivity contribution in [1.82, 2.24) is 0 Å². The molecular formula is C38H70O2. The van der Waals surface area contributed by atoms with E-state index < -0.39 is 0 Å². The van der Waals surface area contributed by atoms with E-state index in [0.29, 0.717) is 6.61 Å². The molecule has 40 heavy (non-hydrogen) atoms. The number of carbonyl (C=O) groups is 1. The lowest BCUT2D eigenvalue weighted by Gasteiger charge is -2.55. The fraction of sp³-hybridized carbons (Fsp3) is 0.974. The Balaban J connectivity index is 1.60. The van der Waals surface area contributed by atoms with Gasteiger partial charge >= 0.3 is 5.97 Å². The molecule has 234 valence electrons. The summed E-state index contributed by atoms with van der Waals surface area (Å²) in [6.07, 6.45) is 40.0. The molecule has 0 aliphatic heterocycles. The van der Waals surface area contributed by atoms with Crippen LogP contribution in [0.1, 0.15) is 206 Å². The first-order chi connectivity index (χ1) is 19.7. The first-order valence-corrected chi connectivity index (χ1v) is 18.8. The lowest BCUT2D eigenvalue weighted by atomic mass is 9.49. The van der Waals surface area contributed by atoms with Crippen molar-refractivity contribution in [2.24, 2.45) is 22.7 Å². The van der Waals surface area contributed by atoms with E-state index in [1.165, 1.54) is 173 Å². The normalized spacial score (nSPS) is 25.6. The number of unbranched alkanes of at least 4 members (excludes halogenated alkanes) is 13. The molecule has 2 nitrogen and oxygen atoms in total. The average Bonchev–Trinajstić information content (AvgIpc) is 3.00. The van der Waals surface area contributed by atoms with E-state index in [0.717, 1.165) is 31.1 Å². The molecule has 0 bridgehead atoms. The molecule has 0 N–H and O–H groups in total. The predicted octanol–water partition coefficient (Wildman–Crippen LogP) is 12.5. The van der Waals surface area contributed by atoms with Crippen molar-refractivity contribution in [2.45, 2.75) is 206 Å². The van der Waals surface area contributed by atoms with Crippen LogP contribution in [0.15, 0.2) is 0 Å². The fourth-order valence-corrected chi connectivity index (χ4v) is 9.30. The molecule has 0 amide bonds. The molecule has 0 aromatic rings. The van der Waals surface area contributed by atoms with Gasteiger partial charge in [0.1, 0.15) is 0 Å². The second-order valence-electron chi connectivity index (χ2n) is 14.6. The van der Waals surface area contributed by atoms with Crippen LogP contribution >= 0.6 is 0 Å². The summed E-state index contributed by atoms with van der Waals surface area (Å²) in [5.74, 6) is 2.13. The monoisotopic (exact) mass is 559 g/mol. The number of carbonyl (C=O) groups excluding carboxylic acids is 1. The van der Waals surface area contributed by atoms with Crippen LogP contribution in [0.5, 0.6) is 0 Å². The fourth-order valence-electron chi connectivity index (χ4n) is 9.30. The zero-order valence-corrected chi connectivity index (χ0v) is 27.4. The van der Waals surface area contributed by atoms with Crippen LogP contribution in [0.25, 0.3) is 0 Å². The summed E-state index contributed by atoms with van der Waals surface area (Å²) in [7, 11) is 0. The molecular weight excluding hydrogens is 488 g/mol. The molecule has 0 spiro atoms. The number of hydrogen-bond donors (Lipinski definition) is 0. The first kappa shape index (κ1) is 34.0. The van der Waals surface area contributed by atoms with Gasteiger partial charge in [-0.1, -0.05) is 155 Å². The number of ether oxygens (including phenoxy) is 1. The van der Waals surface area contributed by atoms with E-state index >= 15 is 0 Å². The van der Waals surface area contributed by atoms with Crippen LogP contribution in [0.2, 0.25) is 0 Å². The molecule has 0 aromatic carbocycles. The maximum atomic E-state index is 14.2. The van der Waals surface area contributed by atoms with Crippen molar-refractivity contribution >= 4 is 5.97 Å². The van der Waals surface area contributed by atoms with E-state index in [4.69, 9.17) is 4.74 Å². The molecule has 0 radical (unpaired) electrons. The first-order valence-electron chi connectivity index (χ1n) is 18.8. The maximum absolute atomic E-state index is 14.2. The molecule has 2 heteroatoms. The Morgan fingerprint density at radius 2 is 1.02 bits per heavy atom. The van der Waals surface area contributed by atoms with Crippen LogP contribution in [-0.2, 0) is 9.53 Å². The minimum atomic E-state index is -0.189. The second-order valence-corrected chi connectivity index (χ2v) is 14.6. The molecule has 3 rings (SSSR count). The number of rotatable bonds is 20. The van der Waals surface area contributed by atoms with Gasteiger partial charge < -0.3 is 4.74 Å². The van der Waals surface area contributed by atoms with Crippen molar-refractivity contribution in [1.29, 1.82) is 0 Å². The summed E-state index contributed by atoms with van der Waals surface area (Å²) in [4.78, 5) is 14.2. The van der Waals surface area contributed by atoms with Gasteiger partial charge in [0.2, 0.25) is 0 Å². The highest BCUT2D eigenvalue weighted by Crippen LogP contribution is 2.61. The summed E-state index contributed by atoms with van der Waals surface area (Å²) >= 11 is 0. The zero-order chi connectivity index (χ0) is 28.4. The summed E-state index contributed by atoms with van der Waals surface area (Å²) in [6.45, 7) is 5.25. The van der Waals surface area contributed by atoms with Crippen molar-refractivity contribution in [3.8, 4) is 0 Å². The Labute approximate surface area is 250 Å². The van der Waals surface area contributed by atoms with Gasteiger partial charge in [0.25, 0.3) is 0 Å². The summed E-state index contributed by atoms with van der Waals surface area (Å²) in [5, 5.41) is 0. The van der Waals surface area contributed by atoms with Crippen molar-refractivity contribution < 1.29 is 9.53 Å². The largest absolute Gasteiger partial charge is 0.465 e. The third-order valence-corrected chi connectivity index (χ3v) is 11.9. The van der Waals surface area contributed by atoms with E-state index in [2.05, 4.69) is 13.8 Å². The molecule has 3 saturated carbocycles. The summed E-state index contributed by atoms with van der Waals surface area (Å²) in [5.41, 5.74) is 0.0169. The molecule has 3 aliphatic rings. The molecule has 0 saturated heterocycles. The lowest BCUT2D eigenvalue weighted by molar-refractivity contribution is -0.175. The minimum absolute atomic E-state index is 0.189. The van der Waals surface area contributed by atoms with Crippen LogP contribution in [-0.4, -0.2) is 12.6 Å². The SMILES string of the molecule is CCCCCCCCCC[C@]1(C2(C(=O)OCCCCCCCCC)CCCCC2)CC[C@@H](C2CCCCC2)CC1. The van der Waals surface area contributed by atoms with Crippen LogP contribution < -0.4 is 0 Å². The second kappa shape index (κ2) is 19.6. The smallest absolute Gasteiger partial charge is 0.312 e. The third kappa shape index (κ3) is 10.3. The van der Waals surface area contributed by atoms with Crippen molar-refractivity contribution in [2.75, 3.05) is 6.61 Å². The van der Waals surface area contributed by atoms with Gasteiger partial charge in [0, 0.05) is 0 Å². The number of hydrogen-bond acceptors (Lipinski definition) is 2. The Hall–Kier alpha value is -0.530. The van der Waals surface area contributed by atoms with E-state index in [-0.39, 0.29) is 16.8 Å². The van der Waals surface area contributed by atoms with Crippen LogP contribution in [0.3, 0.4) is 0 Å². The van der Waals surface area contributed by atoms with Gasteiger partial charge in [-0.25, -0.2) is 0 Å². The van der Waals surface area contributed by atoms with E-state index in [1.54, 1.807) is 0 Å². The van der Waals surface area contributed by atoms with Crippen LogP contribution in [0, 0.1) is 22.7 Å². The Morgan fingerprint density at radius 1 is 0.550 bits per heavy atom. The Kier molecular flexibility index (Phi) is 16.7. The van der Waals surface area contributed by atoms with E-state index in [1.807, 2.05) is 0 Å². The highest BCUT2D eigenvalue weighted by Gasteiger charge is 2.57. The Morgan fingerprint density at radius 3 is 1.60 bits per heavy atom. The summed E-state index contributed by atoms with van der Waals surface area (Å²) in [6, 6.07) is 0. The highest BCUT2D eigenvalue weighted by atomic mass is 16.5. The molecule has 3 aliphatic carbocycles. The van der Waals surface area contributed by atoms with E-state index in [9.17, 15) is 4.79 Å². The molecule has 0 unspecified atom stereocenters. The topological polar surface area (TPSA) is 26.3 Å².